The number of hydrogen-bond donors (Lipinski definition) is 1. The number of aryl methyl sites for hydroxylation is 1. The van der Waals surface area contributed by atoms with Crippen molar-refractivity contribution in [1.82, 2.24) is 9.88 Å². The minimum atomic E-state index is 0.529. The first-order valence-electron chi connectivity index (χ1n) is 8.20. The molecule has 0 spiro atoms. The molecule has 0 fully saturated rings. The van der Waals surface area contributed by atoms with Crippen molar-refractivity contribution in [2.45, 2.75) is 78.3 Å². The zero-order valence-electron chi connectivity index (χ0n) is 13.1. The maximum atomic E-state index is 3.62. The third-order valence-electron chi connectivity index (χ3n) is 3.74. The van der Waals surface area contributed by atoms with Crippen LogP contribution in [-0.2, 0) is 6.54 Å². The number of nitrogens with zero attached hydrogens (tertiary/aromatic N) is 1. The van der Waals surface area contributed by atoms with Crippen LogP contribution in [0.3, 0.4) is 0 Å². The van der Waals surface area contributed by atoms with Crippen molar-refractivity contribution >= 4 is 0 Å². The lowest BCUT2D eigenvalue weighted by Gasteiger charge is -2.15. The van der Waals surface area contributed by atoms with Crippen LogP contribution in [0.4, 0.5) is 0 Å². The smallest absolute Gasteiger partial charge is 0.0332 e. The SMILES string of the molecule is CCCCCCCn1ccc(C(CC)NCCC)c1. The number of unbranched alkanes of at least 4 members (excludes halogenated alkanes) is 4. The van der Waals surface area contributed by atoms with Crippen LogP contribution in [0.15, 0.2) is 18.5 Å². The van der Waals surface area contributed by atoms with Gasteiger partial charge in [-0.25, -0.2) is 0 Å². The maximum absolute atomic E-state index is 3.62. The molecule has 0 aromatic carbocycles. The van der Waals surface area contributed by atoms with E-state index in [1.165, 1.54) is 57.1 Å². The molecule has 1 unspecified atom stereocenters. The summed E-state index contributed by atoms with van der Waals surface area (Å²) < 4.78 is 2.36. The molecule has 0 bridgehead atoms. The van der Waals surface area contributed by atoms with E-state index in [-0.39, 0.29) is 0 Å². The van der Waals surface area contributed by atoms with Crippen LogP contribution in [0.2, 0.25) is 0 Å². The number of rotatable bonds is 11. The molecule has 0 saturated heterocycles. The summed E-state index contributed by atoms with van der Waals surface area (Å²) in [6.07, 6.45) is 13.7. The Bertz CT molecular complexity index is 317. The van der Waals surface area contributed by atoms with Gasteiger partial charge in [0.25, 0.3) is 0 Å². The van der Waals surface area contributed by atoms with E-state index >= 15 is 0 Å². The van der Waals surface area contributed by atoms with E-state index in [0.29, 0.717) is 6.04 Å². The monoisotopic (exact) mass is 264 g/mol. The third kappa shape index (κ3) is 6.29. The topological polar surface area (TPSA) is 17.0 Å². The van der Waals surface area contributed by atoms with Crippen molar-refractivity contribution < 1.29 is 0 Å². The lowest BCUT2D eigenvalue weighted by molar-refractivity contribution is 0.515. The van der Waals surface area contributed by atoms with Gasteiger partial charge in [-0.1, -0.05) is 46.5 Å². The standard InChI is InChI=1S/C17H32N2/c1-4-7-8-9-10-13-19-14-11-16(15-19)17(6-3)18-12-5-2/h11,14-15,17-18H,4-10,12-13H2,1-3H3. The molecule has 2 heteroatoms. The molecule has 0 radical (unpaired) electrons. The fourth-order valence-electron chi connectivity index (χ4n) is 2.52. The fourth-order valence-corrected chi connectivity index (χ4v) is 2.52. The second-order valence-corrected chi connectivity index (χ2v) is 5.51. The highest BCUT2D eigenvalue weighted by molar-refractivity contribution is 5.15. The van der Waals surface area contributed by atoms with E-state index < -0.39 is 0 Å². The van der Waals surface area contributed by atoms with Crippen LogP contribution in [-0.4, -0.2) is 11.1 Å². The molecule has 1 aromatic rings. The summed E-state index contributed by atoms with van der Waals surface area (Å²) in [5, 5.41) is 3.62. The molecule has 0 aliphatic carbocycles. The highest BCUT2D eigenvalue weighted by Gasteiger charge is 2.09. The molecule has 110 valence electrons. The third-order valence-corrected chi connectivity index (χ3v) is 3.74. The van der Waals surface area contributed by atoms with Crippen molar-refractivity contribution in [2.24, 2.45) is 0 Å². The van der Waals surface area contributed by atoms with Crippen LogP contribution in [0.25, 0.3) is 0 Å². The molecule has 1 rings (SSSR count). The summed E-state index contributed by atoms with van der Waals surface area (Å²) in [6.45, 7) is 9.04. The second-order valence-electron chi connectivity index (χ2n) is 5.51. The van der Waals surface area contributed by atoms with E-state index in [1.54, 1.807) is 0 Å². The van der Waals surface area contributed by atoms with E-state index in [0.717, 1.165) is 6.54 Å². The van der Waals surface area contributed by atoms with Gasteiger partial charge < -0.3 is 9.88 Å². The largest absolute Gasteiger partial charge is 0.354 e. The summed E-state index contributed by atoms with van der Waals surface area (Å²) in [5.74, 6) is 0. The Morgan fingerprint density at radius 1 is 1.05 bits per heavy atom. The normalized spacial score (nSPS) is 12.8. The highest BCUT2D eigenvalue weighted by Crippen LogP contribution is 2.17. The minimum absolute atomic E-state index is 0.529. The van der Waals surface area contributed by atoms with Gasteiger partial charge in [0.05, 0.1) is 0 Å². The Hall–Kier alpha value is -0.760. The van der Waals surface area contributed by atoms with Crippen molar-refractivity contribution in [3.05, 3.63) is 24.0 Å². The van der Waals surface area contributed by atoms with Crippen LogP contribution < -0.4 is 5.32 Å². The molecule has 19 heavy (non-hydrogen) atoms. The summed E-state index contributed by atoms with van der Waals surface area (Å²) in [6, 6.07) is 2.81. The van der Waals surface area contributed by atoms with Gasteiger partial charge in [-0.15, -0.1) is 0 Å². The van der Waals surface area contributed by atoms with E-state index in [4.69, 9.17) is 0 Å². The minimum Gasteiger partial charge on any atom is -0.354 e. The molecule has 2 nitrogen and oxygen atoms in total. The number of aromatic nitrogens is 1. The van der Waals surface area contributed by atoms with Gasteiger partial charge in [-0.2, -0.15) is 0 Å². The lowest BCUT2D eigenvalue weighted by atomic mass is 10.1. The Balaban J connectivity index is 2.33. The van der Waals surface area contributed by atoms with Gasteiger partial charge in [-0.05, 0) is 37.4 Å². The molecule has 0 aliphatic heterocycles. The van der Waals surface area contributed by atoms with Gasteiger partial charge in [0.2, 0.25) is 0 Å². The summed E-state index contributed by atoms with van der Waals surface area (Å²) in [7, 11) is 0. The Labute approximate surface area is 119 Å². The van der Waals surface area contributed by atoms with E-state index in [9.17, 15) is 0 Å². The van der Waals surface area contributed by atoms with Gasteiger partial charge in [0.15, 0.2) is 0 Å². The van der Waals surface area contributed by atoms with Crippen molar-refractivity contribution in [3.63, 3.8) is 0 Å². The molecule has 0 saturated carbocycles. The first kappa shape index (κ1) is 16.3. The van der Waals surface area contributed by atoms with Gasteiger partial charge in [0.1, 0.15) is 0 Å². The van der Waals surface area contributed by atoms with Crippen molar-refractivity contribution in [2.75, 3.05) is 6.54 Å². The van der Waals surface area contributed by atoms with Gasteiger partial charge in [0, 0.05) is 25.0 Å². The predicted molar refractivity (Wildman–Crippen MR) is 84.5 cm³/mol. The molecule has 1 heterocycles. The number of nitrogens with one attached hydrogen (secondary N) is 1. The first-order valence-corrected chi connectivity index (χ1v) is 8.20. The zero-order chi connectivity index (χ0) is 13.9. The predicted octanol–water partition coefficient (Wildman–Crippen LogP) is 4.91. The maximum Gasteiger partial charge on any atom is 0.0332 e. The summed E-state index contributed by atoms with van der Waals surface area (Å²) in [5.41, 5.74) is 1.45. The zero-order valence-corrected chi connectivity index (χ0v) is 13.1. The fraction of sp³-hybridized carbons (Fsp3) is 0.765. The summed E-state index contributed by atoms with van der Waals surface area (Å²) in [4.78, 5) is 0. The molecule has 0 aliphatic rings. The van der Waals surface area contributed by atoms with Crippen LogP contribution in [0.1, 0.15) is 77.3 Å². The Morgan fingerprint density at radius 2 is 1.84 bits per heavy atom. The lowest BCUT2D eigenvalue weighted by Crippen LogP contribution is -2.21. The van der Waals surface area contributed by atoms with Crippen molar-refractivity contribution in [3.8, 4) is 0 Å². The molecule has 1 aromatic heterocycles. The van der Waals surface area contributed by atoms with Crippen molar-refractivity contribution in [1.29, 1.82) is 0 Å². The van der Waals surface area contributed by atoms with E-state index in [2.05, 4.69) is 49.1 Å². The van der Waals surface area contributed by atoms with Gasteiger partial charge >= 0.3 is 0 Å². The van der Waals surface area contributed by atoms with E-state index in [1.807, 2.05) is 0 Å². The van der Waals surface area contributed by atoms with Crippen LogP contribution in [0, 0.1) is 0 Å². The average molecular weight is 264 g/mol. The van der Waals surface area contributed by atoms with Crippen LogP contribution >= 0.6 is 0 Å². The molecule has 0 amide bonds. The van der Waals surface area contributed by atoms with Gasteiger partial charge in [-0.3, -0.25) is 0 Å². The highest BCUT2D eigenvalue weighted by atomic mass is 15.0. The number of hydrogen-bond acceptors (Lipinski definition) is 1. The molecule has 1 atom stereocenters. The first-order chi connectivity index (χ1) is 9.31. The quantitative estimate of drug-likeness (QED) is 0.562. The molecular formula is C17H32N2. The Kier molecular flexibility index (Phi) is 8.64. The Morgan fingerprint density at radius 3 is 2.53 bits per heavy atom. The van der Waals surface area contributed by atoms with Crippen LogP contribution in [0.5, 0.6) is 0 Å². The summed E-state index contributed by atoms with van der Waals surface area (Å²) >= 11 is 0. The average Bonchev–Trinajstić information content (AvgIpc) is 2.88. The molecule has 1 N–H and O–H groups in total. The molecular weight excluding hydrogens is 232 g/mol. The second kappa shape index (κ2) is 10.1.